The first-order valence-corrected chi connectivity index (χ1v) is 8.14. The number of benzene rings is 3. The van der Waals surface area contributed by atoms with Gasteiger partial charge in [0.2, 0.25) is 0 Å². The standard InChI is InChI=1S/C20H17ClN2O2/c1-12-7-9-17(24)16(11-12)22-23-20-18(25)10-8-13(2)19(20)14-5-3-4-6-15(14)21/h3-11,24-25H,1-2H3. The van der Waals surface area contributed by atoms with Crippen LogP contribution < -0.4 is 0 Å². The monoisotopic (exact) mass is 352 g/mol. The minimum absolute atomic E-state index is 0.00332. The highest BCUT2D eigenvalue weighted by Gasteiger charge is 2.15. The van der Waals surface area contributed by atoms with E-state index in [4.69, 9.17) is 11.6 Å². The predicted octanol–water partition coefficient (Wildman–Crippen LogP) is 6.45. The number of azo groups is 1. The second-order valence-electron chi connectivity index (χ2n) is 5.80. The highest BCUT2D eigenvalue weighted by atomic mass is 35.5. The van der Waals surface area contributed by atoms with Gasteiger partial charge in [-0.1, -0.05) is 41.9 Å². The van der Waals surface area contributed by atoms with Gasteiger partial charge in [0.15, 0.2) is 0 Å². The Hall–Kier alpha value is -2.85. The van der Waals surface area contributed by atoms with Crippen molar-refractivity contribution in [1.82, 2.24) is 0 Å². The van der Waals surface area contributed by atoms with Crippen LogP contribution in [-0.2, 0) is 0 Å². The van der Waals surface area contributed by atoms with Crippen molar-refractivity contribution in [1.29, 1.82) is 0 Å². The molecule has 0 aliphatic carbocycles. The van der Waals surface area contributed by atoms with E-state index in [-0.39, 0.29) is 11.5 Å². The van der Waals surface area contributed by atoms with Gasteiger partial charge in [-0.05, 0) is 49.2 Å². The molecule has 25 heavy (non-hydrogen) atoms. The smallest absolute Gasteiger partial charge is 0.143 e. The molecule has 5 heteroatoms. The van der Waals surface area contributed by atoms with E-state index >= 15 is 0 Å². The molecule has 3 aromatic carbocycles. The normalized spacial score (nSPS) is 11.2. The summed E-state index contributed by atoms with van der Waals surface area (Å²) < 4.78 is 0. The molecule has 0 fully saturated rings. The SMILES string of the molecule is Cc1ccc(O)c(N=Nc2c(O)ccc(C)c2-c2ccccc2Cl)c1. The van der Waals surface area contributed by atoms with Crippen LogP contribution in [0.4, 0.5) is 11.4 Å². The van der Waals surface area contributed by atoms with Crippen LogP contribution in [0.1, 0.15) is 11.1 Å². The molecular weight excluding hydrogens is 336 g/mol. The third kappa shape index (κ3) is 3.49. The fourth-order valence-corrected chi connectivity index (χ4v) is 2.83. The Balaban J connectivity index is 2.17. The number of hydrogen-bond donors (Lipinski definition) is 2. The second-order valence-corrected chi connectivity index (χ2v) is 6.20. The Morgan fingerprint density at radius 3 is 2.32 bits per heavy atom. The molecule has 0 bridgehead atoms. The van der Waals surface area contributed by atoms with Gasteiger partial charge in [-0.3, -0.25) is 0 Å². The van der Waals surface area contributed by atoms with E-state index in [0.29, 0.717) is 22.0 Å². The van der Waals surface area contributed by atoms with E-state index in [9.17, 15) is 10.2 Å². The molecule has 0 aliphatic rings. The number of phenolic OH excluding ortho intramolecular Hbond substituents is 2. The molecule has 0 atom stereocenters. The molecule has 0 aliphatic heterocycles. The molecule has 0 amide bonds. The molecule has 0 heterocycles. The van der Waals surface area contributed by atoms with Crippen molar-refractivity contribution in [3.8, 4) is 22.6 Å². The Kier molecular flexibility index (Phi) is 4.72. The average molecular weight is 353 g/mol. The maximum absolute atomic E-state index is 10.3. The van der Waals surface area contributed by atoms with Crippen molar-refractivity contribution in [2.45, 2.75) is 13.8 Å². The van der Waals surface area contributed by atoms with Crippen molar-refractivity contribution < 1.29 is 10.2 Å². The van der Waals surface area contributed by atoms with E-state index in [2.05, 4.69) is 10.2 Å². The average Bonchev–Trinajstić information content (AvgIpc) is 2.59. The zero-order valence-electron chi connectivity index (χ0n) is 13.9. The molecule has 2 N–H and O–H groups in total. The third-order valence-electron chi connectivity index (χ3n) is 3.90. The highest BCUT2D eigenvalue weighted by molar-refractivity contribution is 6.33. The van der Waals surface area contributed by atoms with Crippen LogP contribution in [0.2, 0.25) is 5.02 Å². The van der Waals surface area contributed by atoms with Gasteiger partial charge in [0.25, 0.3) is 0 Å². The molecule has 0 saturated heterocycles. The lowest BCUT2D eigenvalue weighted by molar-refractivity contribution is 0.474. The van der Waals surface area contributed by atoms with Gasteiger partial charge in [-0.2, -0.15) is 0 Å². The zero-order chi connectivity index (χ0) is 18.0. The van der Waals surface area contributed by atoms with E-state index < -0.39 is 0 Å². The molecule has 3 rings (SSSR count). The van der Waals surface area contributed by atoms with E-state index in [0.717, 1.165) is 16.7 Å². The Morgan fingerprint density at radius 2 is 1.56 bits per heavy atom. The van der Waals surface area contributed by atoms with E-state index in [1.165, 1.54) is 0 Å². The van der Waals surface area contributed by atoms with Crippen LogP contribution in [0.25, 0.3) is 11.1 Å². The summed E-state index contributed by atoms with van der Waals surface area (Å²) in [4.78, 5) is 0. The van der Waals surface area contributed by atoms with Crippen molar-refractivity contribution in [2.75, 3.05) is 0 Å². The molecule has 0 aromatic heterocycles. The number of aryl methyl sites for hydroxylation is 2. The van der Waals surface area contributed by atoms with E-state index in [1.807, 2.05) is 32.0 Å². The molecule has 4 nitrogen and oxygen atoms in total. The summed E-state index contributed by atoms with van der Waals surface area (Å²) in [5.41, 5.74) is 3.99. The van der Waals surface area contributed by atoms with Gasteiger partial charge in [0, 0.05) is 16.1 Å². The summed E-state index contributed by atoms with van der Waals surface area (Å²) in [6, 6.07) is 15.8. The van der Waals surface area contributed by atoms with Crippen LogP contribution >= 0.6 is 11.6 Å². The maximum atomic E-state index is 10.3. The summed E-state index contributed by atoms with van der Waals surface area (Å²) >= 11 is 6.32. The van der Waals surface area contributed by atoms with Crippen LogP contribution in [0, 0.1) is 13.8 Å². The zero-order valence-corrected chi connectivity index (χ0v) is 14.6. The van der Waals surface area contributed by atoms with Gasteiger partial charge < -0.3 is 10.2 Å². The molecular formula is C20H17ClN2O2. The van der Waals surface area contributed by atoms with Gasteiger partial charge in [0.1, 0.15) is 22.9 Å². The topological polar surface area (TPSA) is 65.2 Å². The summed E-state index contributed by atoms with van der Waals surface area (Å²) in [6.45, 7) is 3.82. The van der Waals surface area contributed by atoms with Gasteiger partial charge in [-0.15, -0.1) is 10.2 Å². The van der Waals surface area contributed by atoms with Crippen LogP contribution in [0.5, 0.6) is 11.5 Å². The van der Waals surface area contributed by atoms with E-state index in [1.54, 1.807) is 36.4 Å². The fraction of sp³-hybridized carbons (Fsp3) is 0.100. The molecule has 0 radical (unpaired) electrons. The quantitative estimate of drug-likeness (QED) is 0.532. The Bertz CT molecular complexity index is 968. The number of nitrogens with zero attached hydrogens (tertiary/aromatic N) is 2. The van der Waals surface area contributed by atoms with Gasteiger partial charge in [-0.25, -0.2) is 0 Å². The van der Waals surface area contributed by atoms with Crippen LogP contribution in [-0.4, -0.2) is 10.2 Å². The second kappa shape index (κ2) is 6.95. The first kappa shape index (κ1) is 17.0. The van der Waals surface area contributed by atoms with Gasteiger partial charge in [0.05, 0.1) is 0 Å². The minimum atomic E-state index is -0.00332. The lowest BCUT2D eigenvalue weighted by Gasteiger charge is -2.12. The largest absolute Gasteiger partial charge is 0.506 e. The third-order valence-corrected chi connectivity index (χ3v) is 4.23. The minimum Gasteiger partial charge on any atom is -0.506 e. The molecule has 0 saturated carbocycles. The Labute approximate surface area is 151 Å². The number of halogens is 1. The maximum Gasteiger partial charge on any atom is 0.143 e. The molecule has 3 aromatic rings. The lowest BCUT2D eigenvalue weighted by atomic mass is 9.98. The first-order chi connectivity index (χ1) is 12.0. The number of phenols is 2. The summed E-state index contributed by atoms with van der Waals surface area (Å²) in [5.74, 6) is 0.0252. The Morgan fingerprint density at radius 1 is 0.840 bits per heavy atom. The summed E-state index contributed by atoms with van der Waals surface area (Å²) in [5, 5.41) is 29.1. The molecule has 126 valence electrons. The molecule has 0 spiro atoms. The number of hydrogen-bond acceptors (Lipinski definition) is 4. The predicted molar refractivity (Wildman–Crippen MR) is 100 cm³/mol. The number of rotatable bonds is 3. The first-order valence-electron chi connectivity index (χ1n) is 7.76. The molecule has 0 unspecified atom stereocenters. The van der Waals surface area contributed by atoms with Crippen LogP contribution in [0.3, 0.4) is 0 Å². The summed E-state index contributed by atoms with van der Waals surface area (Å²) in [7, 11) is 0. The van der Waals surface area contributed by atoms with Crippen molar-refractivity contribution in [3.05, 3.63) is 70.7 Å². The summed E-state index contributed by atoms with van der Waals surface area (Å²) in [6.07, 6.45) is 0. The highest BCUT2D eigenvalue weighted by Crippen LogP contribution is 2.43. The van der Waals surface area contributed by atoms with Gasteiger partial charge >= 0.3 is 0 Å². The van der Waals surface area contributed by atoms with Crippen molar-refractivity contribution >= 4 is 23.0 Å². The lowest BCUT2D eigenvalue weighted by Crippen LogP contribution is -1.86. The number of aromatic hydroxyl groups is 2. The van der Waals surface area contributed by atoms with Crippen LogP contribution in [0.15, 0.2) is 64.8 Å². The fourth-order valence-electron chi connectivity index (χ4n) is 2.60. The van der Waals surface area contributed by atoms with Crippen molar-refractivity contribution in [3.63, 3.8) is 0 Å². The van der Waals surface area contributed by atoms with Crippen molar-refractivity contribution in [2.24, 2.45) is 10.2 Å².